The highest BCUT2D eigenvalue weighted by molar-refractivity contribution is 14.1. The third-order valence-electron chi connectivity index (χ3n) is 3.74. The molecule has 0 saturated carbocycles. The van der Waals surface area contributed by atoms with Crippen LogP contribution in [0.3, 0.4) is 0 Å². The van der Waals surface area contributed by atoms with E-state index in [9.17, 15) is 4.79 Å². The van der Waals surface area contributed by atoms with Gasteiger partial charge in [0, 0.05) is 22.6 Å². The standard InChI is InChI=1S/C17H24INO2/c1-11(2)15-10-19(16(20)21-17(3,4)5)9-12-6-7-13(18)8-14(12)15/h6-8,11,15H,9-10H2,1-5H3. The molecule has 1 aromatic rings. The Bertz CT molecular complexity index is 534. The zero-order valence-electron chi connectivity index (χ0n) is 13.4. The van der Waals surface area contributed by atoms with Gasteiger partial charge in [0.05, 0.1) is 0 Å². The molecule has 2 rings (SSSR count). The fourth-order valence-electron chi connectivity index (χ4n) is 2.70. The molecule has 116 valence electrons. The quantitative estimate of drug-likeness (QED) is 0.634. The van der Waals surface area contributed by atoms with E-state index < -0.39 is 5.60 Å². The van der Waals surface area contributed by atoms with E-state index in [0.29, 0.717) is 18.4 Å². The molecule has 1 amide bonds. The van der Waals surface area contributed by atoms with Gasteiger partial charge in [0.25, 0.3) is 0 Å². The lowest BCUT2D eigenvalue weighted by Gasteiger charge is -2.37. The number of nitrogens with zero attached hydrogens (tertiary/aromatic N) is 1. The minimum Gasteiger partial charge on any atom is -0.444 e. The number of rotatable bonds is 1. The second-order valence-corrected chi connectivity index (χ2v) is 8.30. The molecular weight excluding hydrogens is 377 g/mol. The topological polar surface area (TPSA) is 29.5 Å². The Kier molecular flexibility index (Phi) is 4.85. The van der Waals surface area contributed by atoms with E-state index in [1.807, 2.05) is 25.7 Å². The lowest BCUT2D eigenvalue weighted by Crippen LogP contribution is -2.42. The number of hydrogen-bond donors (Lipinski definition) is 0. The monoisotopic (exact) mass is 401 g/mol. The van der Waals surface area contributed by atoms with Crippen molar-refractivity contribution in [1.29, 1.82) is 0 Å². The van der Waals surface area contributed by atoms with Gasteiger partial charge >= 0.3 is 6.09 Å². The fraction of sp³-hybridized carbons (Fsp3) is 0.588. The zero-order chi connectivity index (χ0) is 15.8. The highest BCUT2D eigenvalue weighted by Gasteiger charge is 2.32. The Morgan fingerprint density at radius 1 is 1.38 bits per heavy atom. The summed E-state index contributed by atoms with van der Waals surface area (Å²) in [5, 5.41) is 0. The number of halogens is 1. The van der Waals surface area contributed by atoms with Crippen molar-refractivity contribution in [3.8, 4) is 0 Å². The lowest BCUT2D eigenvalue weighted by atomic mass is 9.82. The van der Waals surface area contributed by atoms with E-state index in [0.717, 1.165) is 6.54 Å². The number of benzene rings is 1. The molecule has 0 saturated heterocycles. The molecule has 0 fully saturated rings. The van der Waals surface area contributed by atoms with Gasteiger partial charge in [0.1, 0.15) is 5.60 Å². The predicted octanol–water partition coefficient (Wildman–Crippen LogP) is 4.78. The highest BCUT2D eigenvalue weighted by atomic mass is 127. The summed E-state index contributed by atoms with van der Waals surface area (Å²) < 4.78 is 6.78. The summed E-state index contributed by atoms with van der Waals surface area (Å²) in [6.07, 6.45) is -0.211. The first kappa shape index (κ1) is 16.6. The summed E-state index contributed by atoms with van der Waals surface area (Å²) in [5.41, 5.74) is 2.18. The lowest BCUT2D eigenvalue weighted by molar-refractivity contribution is 0.0194. The smallest absolute Gasteiger partial charge is 0.410 e. The zero-order valence-corrected chi connectivity index (χ0v) is 15.6. The van der Waals surface area contributed by atoms with E-state index in [1.54, 1.807) is 0 Å². The summed E-state index contributed by atoms with van der Waals surface area (Å²) in [6, 6.07) is 6.51. The molecule has 4 heteroatoms. The van der Waals surface area contributed by atoms with Crippen molar-refractivity contribution in [2.75, 3.05) is 6.54 Å². The molecule has 0 radical (unpaired) electrons. The molecule has 1 unspecified atom stereocenters. The number of carbonyl (C=O) groups is 1. The van der Waals surface area contributed by atoms with Crippen LogP contribution in [-0.2, 0) is 11.3 Å². The molecular formula is C17H24INO2. The first-order chi connectivity index (χ1) is 9.67. The first-order valence-corrected chi connectivity index (χ1v) is 8.51. The summed E-state index contributed by atoms with van der Waals surface area (Å²) >= 11 is 2.35. The second-order valence-electron chi connectivity index (χ2n) is 7.05. The number of carbonyl (C=O) groups excluding carboxylic acids is 1. The molecule has 1 aliphatic rings. The Morgan fingerprint density at radius 2 is 2.05 bits per heavy atom. The summed E-state index contributed by atoms with van der Waals surface area (Å²) in [7, 11) is 0. The van der Waals surface area contributed by atoms with Crippen LogP contribution >= 0.6 is 22.6 Å². The van der Waals surface area contributed by atoms with E-state index in [-0.39, 0.29) is 6.09 Å². The van der Waals surface area contributed by atoms with Gasteiger partial charge in [-0.2, -0.15) is 0 Å². The number of ether oxygens (including phenoxy) is 1. The molecule has 0 spiro atoms. The third kappa shape index (κ3) is 4.11. The molecule has 21 heavy (non-hydrogen) atoms. The summed E-state index contributed by atoms with van der Waals surface area (Å²) in [6.45, 7) is 11.5. The Labute approximate surface area is 141 Å². The Hall–Kier alpha value is -0.780. The first-order valence-electron chi connectivity index (χ1n) is 7.43. The van der Waals surface area contributed by atoms with Crippen molar-refractivity contribution in [2.45, 2.75) is 52.7 Å². The van der Waals surface area contributed by atoms with Gasteiger partial charge in [-0.15, -0.1) is 0 Å². The van der Waals surface area contributed by atoms with Crippen molar-refractivity contribution in [2.24, 2.45) is 5.92 Å². The van der Waals surface area contributed by atoms with Gasteiger partial charge in [-0.3, -0.25) is 0 Å². The number of amides is 1. The average Bonchev–Trinajstić information content (AvgIpc) is 2.35. The second kappa shape index (κ2) is 6.15. The highest BCUT2D eigenvalue weighted by Crippen LogP contribution is 2.35. The van der Waals surface area contributed by atoms with Crippen LogP contribution in [0.4, 0.5) is 4.79 Å². The van der Waals surface area contributed by atoms with Crippen LogP contribution in [-0.4, -0.2) is 23.1 Å². The minimum absolute atomic E-state index is 0.211. The van der Waals surface area contributed by atoms with Crippen LogP contribution in [0.15, 0.2) is 18.2 Å². The van der Waals surface area contributed by atoms with Crippen molar-refractivity contribution in [3.05, 3.63) is 32.9 Å². The van der Waals surface area contributed by atoms with Crippen molar-refractivity contribution in [3.63, 3.8) is 0 Å². The maximum atomic E-state index is 12.4. The van der Waals surface area contributed by atoms with E-state index in [2.05, 4.69) is 54.6 Å². The molecule has 1 atom stereocenters. The average molecular weight is 401 g/mol. The van der Waals surface area contributed by atoms with Crippen molar-refractivity contribution < 1.29 is 9.53 Å². The molecule has 0 aromatic heterocycles. The maximum Gasteiger partial charge on any atom is 0.410 e. The van der Waals surface area contributed by atoms with Gasteiger partial charge in [0.15, 0.2) is 0 Å². The Balaban J connectivity index is 2.27. The number of fused-ring (bicyclic) bond motifs is 1. The van der Waals surface area contributed by atoms with Crippen LogP contribution in [0.5, 0.6) is 0 Å². The minimum atomic E-state index is -0.448. The van der Waals surface area contributed by atoms with Crippen LogP contribution in [0.2, 0.25) is 0 Å². The van der Waals surface area contributed by atoms with Crippen LogP contribution in [0, 0.1) is 9.49 Å². The molecule has 3 nitrogen and oxygen atoms in total. The largest absolute Gasteiger partial charge is 0.444 e. The normalized spacial score (nSPS) is 18.6. The molecule has 1 aliphatic heterocycles. The van der Waals surface area contributed by atoms with Crippen molar-refractivity contribution >= 4 is 28.7 Å². The van der Waals surface area contributed by atoms with Gasteiger partial charge in [-0.05, 0) is 72.5 Å². The molecule has 0 aliphatic carbocycles. The Morgan fingerprint density at radius 3 is 2.62 bits per heavy atom. The summed E-state index contributed by atoms with van der Waals surface area (Å²) in [4.78, 5) is 14.2. The number of hydrogen-bond acceptors (Lipinski definition) is 2. The molecule has 1 aromatic carbocycles. The van der Waals surface area contributed by atoms with Crippen LogP contribution in [0.1, 0.15) is 51.7 Å². The van der Waals surface area contributed by atoms with E-state index in [1.165, 1.54) is 14.7 Å². The third-order valence-corrected chi connectivity index (χ3v) is 4.41. The molecule has 0 N–H and O–H groups in total. The molecule has 1 heterocycles. The summed E-state index contributed by atoms with van der Waals surface area (Å²) in [5.74, 6) is 0.864. The maximum absolute atomic E-state index is 12.4. The van der Waals surface area contributed by atoms with Crippen molar-refractivity contribution in [1.82, 2.24) is 4.90 Å². The van der Waals surface area contributed by atoms with Crippen LogP contribution in [0.25, 0.3) is 0 Å². The SMILES string of the molecule is CC(C)C1CN(C(=O)OC(C)(C)C)Cc2ccc(I)cc21. The van der Waals surface area contributed by atoms with E-state index in [4.69, 9.17) is 4.74 Å². The van der Waals surface area contributed by atoms with Gasteiger partial charge < -0.3 is 9.64 Å². The predicted molar refractivity (Wildman–Crippen MR) is 93.4 cm³/mol. The van der Waals surface area contributed by atoms with Gasteiger partial charge in [0.2, 0.25) is 0 Å². The van der Waals surface area contributed by atoms with Gasteiger partial charge in [-0.1, -0.05) is 19.9 Å². The van der Waals surface area contributed by atoms with E-state index >= 15 is 0 Å². The molecule has 0 bridgehead atoms. The fourth-order valence-corrected chi connectivity index (χ4v) is 3.21. The van der Waals surface area contributed by atoms with Gasteiger partial charge in [-0.25, -0.2) is 4.79 Å². The van der Waals surface area contributed by atoms with Crippen LogP contribution < -0.4 is 0 Å².